The highest BCUT2D eigenvalue weighted by Gasteiger charge is 2.16. The molecular formula is C23H18FN3O6S. The van der Waals surface area contributed by atoms with E-state index in [-0.39, 0.29) is 30.3 Å². The molecule has 34 heavy (non-hydrogen) atoms. The van der Waals surface area contributed by atoms with Crippen LogP contribution in [-0.4, -0.2) is 34.1 Å². The lowest BCUT2D eigenvalue weighted by atomic mass is 10.2. The van der Waals surface area contributed by atoms with Crippen molar-refractivity contribution in [1.29, 1.82) is 0 Å². The molecule has 2 heterocycles. The van der Waals surface area contributed by atoms with Crippen LogP contribution < -0.4 is 20.3 Å². The summed E-state index contributed by atoms with van der Waals surface area (Å²) in [5.74, 6) is -1.78. The maximum Gasteiger partial charge on any atom is 0.335 e. The van der Waals surface area contributed by atoms with Crippen molar-refractivity contribution in [2.75, 3.05) is 7.11 Å². The summed E-state index contributed by atoms with van der Waals surface area (Å²) in [6.45, 7) is 0.149. The molecular weight excluding hydrogens is 465 g/mol. The van der Waals surface area contributed by atoms with Gasteiger partial charge in [0, 0.05) is 17.5 Å². The molecule has 1 amide bonds. The number of ether oxygens (including phenoxy) is 2. The minimum Gasteiger partial charge on any atom is -0.494 e. The van der Waals surface area contributed by atoms with Gasteiger partial charge in [-0.3, -0.25) is 9.59 Å². The summed E-state index contributed by atoms with van der Waals surface area (Å²) in [6.07, 6.45) is 0. The summed E-state index contributed by atoms with van der Waals surface area (Å²) in [4.78, 5) is 43.2. The van der Waals surface area contributed by atoms with Crippen LogP contribution in [0.5, 0.6) is 11.5 Å². The van der Waals surface area contributed by atoms with Crippen LogP contribution in [0.25, 0.3) is 10.2 Å². The molecule has 0 fully saturated rings. The molecule has 0 unspecified atom stereocenters. The number of carbonyl (C=O) groups excluding carboxylic acids is 1. The second-order valence-electron chi connectivity index (χ2n) is 7.13. The molecule has 0 radical (unpaired) electrons. The third-order valence-corrected chi connectivity index (χ3v) is 5.82. The van der Waals surface area contributed by atoms with Crippen molar-refractivity contribution in [3.8, 4) is 11.5 Å². The second kappa shape index (κ2) is 9.71. The summed E-state index contributed by atoms with van der Waals surface area (Å²) >= 11 is 1.20. The molecule has 4 rings (SSSR count). The molecule has 9 nitrogen and oxygen atoms in total. The maximum absolute atomic E-state index is 13.5. The van der Waals surface area contributed by atoms with Gasteiger partial charge >= 0.3 is 5.97 Å². The van der Waals surface area contributed by atoms with E-state index in [1.165, 1.54) is 60.9 Å². The fourth-order valence-corrected chi connectivity index (χ4v) is 4.08. The molecule has 0 aliphatic rings. The number of thiophene rings is 1. The van der Waals surface area contributed by atoms with Crippen LogP contribution in [0.4, 0.5) is 4.39 Å². The van der Waals surface area contributed by atoms with Crippen LogP contribution in [0.1, 0.15) is 32.1 Å². The Hall–Kier alpha value is -4.25. The van der Waals surface area contributed by atoms with E-state index in [9.17, 15) is 18.8 Å². The Kier molecular flexibility index (Phi) is 6.55. The lowest BCUT2D eigenvalue weighted by molar-refractivity contribution is 0.0696. The highest BCUT2D eigenvalue weighted by molar-refractivity contribution is 7.16. The summed E-state index contributed by atoms with van der Waals surface area (Å²) in [5, 5.41) is 13.6. The largest absolute Gasteiger partial charge is 0.494 e. The number of aromatic nitrogens is 2. The Labute approximate surface area is 195 Å². The predicted octanol–water partition coefficient (Wildman–Crippen LogP) is 3.34. The number of carbonyl (C=O) groups is 2. The standard InChI is InChI=1S/C23H18FN3O6S/c1-32-17-8-12(2-7-16(17)24)9-25-21(29)19-26-20(28)18-14(11-34-22(18)27-19)10-33-15-5-3-13(4-6-15)23(30)31/h2-8,11H,9-10H2,1H3,(H,25,29)(H,30,31)(H,26,27,28). The number of rotatable bonds is 8. The Morgan fingerprint density at radius 3 is 2.68 bits per heavy atom. The Morgan fingerprint density at radius 2 is 1.97 bits per heavy atom. The van der Waals surface area contributed by atoms with E-state index in [1.807, 2.05) is 0 Å². The van der Waals surface area contributed by atoms with E-state index >= 15 is 0 Å². The molecule has 11 heteroatoms. The number of methoxy groups -OCH3 is 1. The molecule has 2 aromatic heterocycles. The van der Waals surface area contributed by atoms with Crippen LogP contribution in [0.2, 0.25) is 0 Å². The van der Waals surface area contributed by atoms with Crippen LogP contribution in [0.15, 0.2) is 52.6 Å². The first kappa shape index (κ1) is 22.9. The maximum atomic E-state index is 13.5. The summed E-state index contributed by atoms with van der Waals surface area (Å²) in [6, 6.07) is 10.1. The molecule has 174 valence electrons. The third-order valence-electron chi connectivity index (χ3n) is 4.90. The number of carboxylic acid groups (broad SMARTS) is 1. The van der Waals surface area contributed by atoms with Gasteiger partial charge in [-0.25, -0.2) is 14.2 Å². The van der Waals surface area contributed by atoms with Crippen LogP contribution in [-0.2, 0) is 13.2 Å². The molecule has 2 aromatic carbocycles. The highest BCUT2D eigenvalue weighted by Crippen LogP contribution is 2.23. The zero-order chi connectivity index (χ0) is 24.2. The summed E-state index contributed by atoms with van der Waals surface area (Å²) in [5.41, 5.74) is 0.849. The molecule has 0 saturated heterocycles. The highest BCUT2D eigenvalue weighted by atomic mass is 32.1. The van der Waals surface area contributed by atoms with Gasteiger partial charge in [0.25, 0.3) is 11.5 Å². The van der Waals surface area contributed by atoms with E-state index in [0.29, 0.717) is 27.1 Å². The van der Waals surface area contributed by atoms with Gasteiger partial charge in [0.05, 0.1) is 18.1 Å². The smallest absolute Gasteiger partial charge is 0.335 e. The van der Waals surface area contributed by atoms with E-state index in [0.717, 1.165) is 0 Å². The molecule has 0 saturated carbocycles. The molecule has 3 N–H and O–H groups in total. The van der Waals surface area contributed by atoms with Gasteiger partial charge in [-0.05, 0) is 42.0 Å². The van der Waals surface area contributed by atoms with E-state index in [2.05, 4.69) is 15.3 Å². The number of H-pyrrole nitrogens is 1. The zero-order valence-corrected chi connectivity index (χ0v) is 18.6. The summed E-state index contributed by atoms with van der Waals surface area (Å²) in [7, 11) is 1.35. The number of fused-ring (bicyclic) bond motifs is 1. The van der Waals surface area contributed by atoms with Gasteiger partial charge in [0.15, 0.2) is 11.6 Å². The Bertz CT molecular complexity index is 1430. The number of halogens is 1. The van der Waals surface area contributed by atoms with Crippen molar-refractivity contribution in [2.24, 2.45) is 0 Å². The topological polar surface area (TPSA) is 131 Å². The van der Waals surface area contributed by atoms with E-state index < -0.39 is 23.3 Å². The number of hydrogen-bond acceptors (Lipinski definition) is 7. The second-order valence-corrected chi connectivity index (χ2v) is 7.98. The molecule has 0 bridgehead atoms. The fourth-order valence-electron chi connectivity index (χ4n) is 3.16. The van der Waals surface area contributed by atoms with Gasteiger partial charge in [-0.1, -0.05) is 6.07 Å². The normalized spacial score (nSPS) is 10.8. The Morgan fingerprint density at radius 1 is 1.21 bits per heavy atom. The van der Waals surface area contributed by atoms with Crippen molar-refractivity contribution in [1.82, 2.24) is 15.3 Å². The number of aromatic carboxylic acids is 1. The number of aromatic amines is 1. The average Bonchev–Trinajstić information content (AvgIpc) is 3.25. The van der Waals surface area contributed by atoms with Gasteiger partial charge in [0.1, 0.15) is 17.2 Å². The number of benzene rings is 2. The van der Waals surface area contributed by atoms with Gasteiger partial charge < -0.3 is 24.9 Å². The summed E-state index contributed by atoms with van der Waals surface area (Å²) < 4.78 is 24.1. The number of amides is 1. The minimum absolute atomic E-state index is 0.0610. The quantitative estimate of drug-likeness (QED) is 0.350. The van der Waals surface area contributed by atoms with Crippen molar-refractivity contribution < 1.29 is 28.6 Å². The molecule has 4 aromatic rings. The Balaban J connectivity index is 1.46. The molecule has 0 aliphatic heterocycles. The number of carboxylic acids is 1. The SMILES string of the molecule is COc1cc(CNC(=O)c2nc3scc(COc4ccc(C(=O)O)cc4)c3c(=O)[nH]2)ccc1F. The van der Waals surface area contributed by atoms with E-state index in [4.69, 9.17) is 14.6 Å². The zero-order valence-electron chi connectivity index (χ0n) is 17.8. The van der Waals surface area contributed by atoms with Crippen molar-refractivity contribution in [2.45, 2.75) is 13.2 Å². The number of nitrogens with zero attached hydrogens (tertiary/aromatic N) is 1. The molecule has 0 spiro atoms. The van der Waals surface area contributed by atoms with Crippen molar-refractivity contribution in [3.05, 3.63) is 86.5 Å². The van der Waals surface area contributed by atoms with E-state index in [1.54, 1.807) is 5.38 Å². The van der Waals surface area contributed by atoms with Gasteiger partial charge in [-0.2, -0.15) is 0 Å². The van der Waals surface area contributed by atoms with Crippen LogP contribution in [0, 0.1) is 5.82 Å². The van der Waals surface area contributed by atoms with Crippen molar-refractivity contribution >= 4 is 33.4 Å². The first-order valence-electron chi connectivity index (χ1n) is 9.93. The monoisotopic (exact) mass is 483 g/mol. The number of nitrogens with one attached hydrogen (secondary N) is 2. The lowest BCUT2D eigenvalue weighted by Crippen LogP contribution is -2.27. The van der Waals surface area contributed by atoms with Crippen molar-refractivity contribution in [3.63, 3.8) is 0 Å². The lowest BCUT2D eigenvalue weighted by Gasteiger charge is -2.08. The number of hydrogen-bond donors (Lipinski definition) is 3. The minimum atomic E-state index is -1.04. The van der Waals surface area contributed by atoms with Gasteiger partial charge in [0.2, 0.25) is 5.82 Å². The third kappa shape index (κ3) is 4.89. The fraction of sp³-hybridized carbons (Fsp3) is 0.130. The van der Waals surface area contributed by atoms with Gasteiger partial charge in [-0.15, -0.1) is 11.3 Å². The first-order chi connectivity index (χ1) is 16.4. The molecule has 0 atom stereocenters. The van der Waals surface area contributed by atoms with Crippen LogP contribution >= 0.6 is 11.3 Å². The average molecular weight is 483 g/mol. The first-order valence-corrected chi connectivity index (χ1v) is 10.8. The molecule has 0 aliphatic carbocycles. The predicted molar refractivity (Wildman–Crippen MR) is 122 cm³/mol. The van der Waals surface area contributed by atoms with Crippen LogP contribution in [0.3, 0.4) is 0 Å².